The van der Waals surface area contributed by atoms with Gasteiger partial charge in [0, 0.05) is 27.7 Å². The van der Waals surface area contributed by atoms with Gasteiger partial charge >= 0.3 is 23.9 Å². The summed E-state index contributed by atoms with van der Waals surface area (Å²) in [6.07, 6.45) is -6.79. The summed E-state index contributed by atoms with van der Waals surface area (Å²) >= 11 is 0. The molecule has 10 nitrogen and oxygen atoms in total. The molecule has 1 saturated heterocycles. The number of carbonyl (C=O) groups is 4. The van der Waals surface area contributed by atoms with E-state index < -0.39 is 54.6 Å². The third kappa shape index (κ3) is 5.78. The quantitative estimate of drug-likeness (QED) is 0.490. The Morgan fingerprint density at radius 1 is 0.792 bits per heavy atom. The molecule has 0 aliphatic carbocycles. The molecule has 10 heteroatoms. The van der Waals surface area contributed by atoms with Gasteiger partial charge in [0.1, 0.15) is 12.7 Å². The van der Waals surface area contributed by atoms with Crippen LogP contribution in [-0.2, 0) is 42.9 Å². The number of aliphatic hydroxyl groups is 1. The van der Waals surface area contributed by atoms with Gasteiger partial charge in [-0.05, 0) is 0 Å². The van der Waals surface area contributed by atoms with Crippen molar-refractivity contribution < 1.29 is 48.0 Å². The average Bonchev–Trinajstić information content (AvgIpc) is 2.42. The van der Waals surface area contributed by atoms with Crippen molar-refractivity contribution in [2.75, 3.05) is 6.61 Å². The summed E-state index contributed by atoms with van der Waals surface area (Å²) in [5, 5.41) is 10.0. The summed E-state index contributed by atoms with van der Waals surface area (Å²) in [6.45, 7) is 4.09. The standard InChI is InChI=1S/C14H20O10/c1-6(15)20-5-10-11(21-7(2)16)12(22-8(3)17)13(14(19)24-10)23-9(4)18/h10-14,19H,5H2,1-4H3/t10?,11?,12-,13+,14-/m1/s1. The van der Waals surface area contributed by atoms with E-state index in [9.17, 15) is 24.3 Å². The normalized spacial score (nSPS) is 29.3. The van der Waals surface area contributed by atoms with Gasteiger partial charge in [-0.1, -0.05) is 0 Å². The first-order valence-corrected chi connectivity index (χ1v) is 7.10. The molecule has 1 aliphatic rings. The Kier molecular flexibility index (Phi) is 7.11. The van der Waals surface area contributed by atoms with E-state index in [0.29, 0.717) is 0 Å². The Balaban J connectivity index is 3.11. The van der Waals surface area contributed by atoms with Crippen molar-refractivity contribution in [3.05, 3.63) is 0 Å². The van der Waals surface area contributed by atoms with Crippen LogP contribution in [-0.4, -0.2) is 66.3 Å². The molecule has 1 rings (SSSR count). The predicted octanol–water partition coefficient (Wildman–Crippen LogP) is -0.938. The third-order valence-corrected chi connectivity index (χ3v) is 2.97. The van der Waals surface area contributed by atoms with E-state index in [1.165, 1.54) is 0 Å². The SMILES string of the molecule is CC(=O)OCC1O[C@@H](O)[C@@H](OC(C)=O)[C@H](OC(C)=O)C1OC(C)=O. The van der Waals surface area contributed by atoms with Crippen LogP contribution in [0.1, 0.15) is 27.7 Å². The van der Waals surface area contributed by atoms with Gasteiger partial charge in [0.25, 0.3) is 0 Å². The maximum atomic E-state index is 11.3. The number of rotatable bonds is 5. The van der Waals surface area contributed by atoms with Crippen molar-refractivity contribution in [3.8, 4) is 0 Å². The van der Waals surface area contributed by atoms with Crippen LogP contribution in [0.3, 0.4) is 0 Å². The fourth-order valence-corrected chi connectivity index (χ4v) is 2.21. The first-order chi connectivity index (χ1) is 11.1. The van der Waals surface area contributed by atoms with Gasteiger partial charge in [-0.3, -0.25) is 19.2 Å². The number of ether oxygens (including phenoxy) is 5. The number of esters is 4. The van der Waals surface area contributed by atoms with Crippen LogP contribution >= 0.6 is 0 Å². The predicted molar refractivity (Wildman–Crippen MR) is 74.2 cm³/mol. The van der Waals surface area contributed by atoms with Gasteiger partial charge in [0.2, 0.25) is 0 Å². The zero-order valence-electron chi connectivity index (χ0n) is 13.7. The molecule has 0 aromatic rings. The molecule has 24 heavy (non-hydrogen) atoms. The first kappa shape index (κ1) is 19.8. The number of hydrogen-bond acceptors (Lipinski definition) is 10. The zero-order chi connectivity index (χ0) is 18.4. The highest BCUT2D eigenvalue weighted by Crippen LogP contribution is 2.28. The molecule has 0 bridgehead atoms. The van der Waals surface area contributed by atoms with Crippen LogP contribution in [0.2, 0.25) is 0 Å². The van der Waals surface area contributed by atoms with E-state index in [1.54, 1.807) is 0 Å². The lowest BCUT2D eigenvalue weighted by Crippen LogP contribution is -2.62. The second-order valence-corrected chi connectivity index (χ2v) is 5.09. The summed E-state index contributed by atoms with van der Waals surface area (Å²) in [6, 6.07) is 0. The maximum absolute atomic E-state index is 11.3. The third-order valence-electron chi connectivity index (χ3n) is 2.97. The van der Waals surface area contributed by atoms with Gasteiger partial charge in [-0.25, -0.2) is 0 Å². The minimum absolute atomic E-state index is 0.366. The highest BCUT2D eigenvalue weighted by atomic mass is 16.7. The molecular formula is C14H20O10. The highest BCUT2D eigenvalue weighted by Gasteiger charge is 2.51. The van der Waals surface area contributed by atoms with Gasteiger partial charge < -0.3 is 28.8 Å². The van der Waals surface area contributed by atoms with Crippen molar-refractivity contribution in [2.45, 2.75) is 58.4 Å². The maximum Gasteiger partial charge on any atom is 0.303 e. The molecule has 1 fully saturated rings. The Morgan fingerprint density at radius 3 is 1.71 bits per heavy atom. The van der Waals surface area contributed by atoms with Crippen molar-refractivity contribution in [3.63, 3.8) is 0 Å². The molecule has 1 heterocycles. The molecule has 0 aromatic heterocycles. The second kappa shape index (κ2) is 8.60. The van der Waals surface area contributed by atoms with Gasteiger partial charge in [-0.15, -0.1) is 0 Å². The summed E-state index contributed by atoms with van der Waals surface area (Å²) in [5.41, 5.74) is 0. The van der Waals surface area contributed by atoms with Crippen molar-refractivity contribution in [2.24, 2.45) is 0 Å². The van der Waals surface area contributed by atoms with Crippen LogP contribution in [0.25, 0.3) is 0 Å². The second-order valence-electron chi connectivity index (χ2n) is 5.09. The first-order valence-electron chi connectivity index (χ1n) is 7.10. The Bertz CT molecular complexity index is 502. The largest absolute Gasteiger partial charge is 0.463 e. The Hall–Kier alpha value is -2.20. The molecule has 0 spiro atoms. The number of carbonyl (C=O) groups excluding carboxylic acids is 4. The smallest absolute Gasteiger partial charge is 0.303 e. The molecule has 1 aliphatic heterocycles. The molecule has 0 radical (unpaired) electrons. The molecular weight excluding hydrogens is 328 g/mol. The summed E-state index contributed by atoms with van der Waals surface area (Å²) < 4.78 is 25.0. The summed E-state index contributed by atoms with van der Waals surface area (Å²) in [4.78, 5) is 44.9. The van der Waals surface area contributed by atoms with E-state index >= 15 is 0 Å². The minimum Gasteiger partial charge on any atom is -0.463 e. The van der Waals surface area contributed by atoms with Crippen molar-refractivity contribution in [1.29, 1.82) is 0 Å². The van der Waals surface area contributed by atoms with E-state index in [-0.39, 0.29) is 6.61 Å². The zero-order valence-corrected chi connectivity index (χ0v) is 13.7. The molecule has 0 saturated carbocycles. The van der Waals surface area contributed by atoms with Crippen molar-refractivity contribution >= 4 is 23.9 Å². The van der Waals surface area contributed by atoms with Gasteiger partial charge in [0.15, 0.2) is 24.6 Å². The summed E-state index contributed by atoms with van der Waals surface area (Å²) in [5.74, 6) is -2.87. The van der Waals surface area contributed by atoms with Crippen LogP contribution in [0.15, 0.2) is 0 Å². The lowest BCUT2D eigenvalue weighted by atomic mass is 9.98. The van der Waals surface area contributed by atoms with Gasteiger partial charge in [-0.2, -0.15) is 0 Å². The van der Waals surface area contributed by atoms with E-state index in [4.69, 9.17) is 23.7 Å². The monoisotopic (exact) mass is 348 g/mol. The summed E-state index contributed by atoms with van der Waals surface area (Å²) in [7, 11) is 0. The number of hydrogen-bond donors (Lipinski definition) is 1. The molecule has 5 atom stereocenters. The van der Waals surface area contributed by atoms with Crippen LogP contribution in [0, 0.1) is 0 Å². The van der Waals surface area contributed by atoms with E-state index in [1.807, 2.05) is 0 Å². The molecule has 2 unspecified atom stereocenters. The van der Waals surface area contributed by atoms with E-state index in [2.05, 4.69) is 0 Å². The topological polar surface area (TPSA) is 135 Å². The fourth-order valence-electron chi connectivity index (χ4n) is 2.21. The van der Waals surface area contributed by atoms with E-state index in [0.717, 1.165) is 27.7 Å². The minimum atomic E-state index is -1.68. The van der Waals surface area contributed by atoms with Crippen LogP contribution in [0.4, 0.5) is 0 Å². The van der Waals surface area contributed by atoms with Gasteiger partial charge in [0.05, 0.1) is 0 Å². The molecule has 1 N–H and O–H groups in total. The molecule has 136 valence electrons. The Morgan fingerprint density at radius 2 is 1.25 bits per heavy atom. The van der Waals surface area contributed by atoms with Crippen LogP contribution in [0.5, 0.6) is 0 Å². The fraction of sp³-hybridized carbons (Fsp3) is 0.714. The molecule has 0 aromatic carbocycles. The highest BCUT2D eigenvalue weighted by molar-refractivity contribution is 5.68. The lowest BCUT2D eigenvalue weighted by molar-refractivity contribution is -0.296. The van der Waals surface area contributed by atoms with Crippen molar-refractivity contribution in [1.82, 2.24) is 0 Å². The Labute approximate surface area is 137 Å². The number of aliphatic hydroxyl groups excluding tert-OH is 1. The van der Waals surface area contributed by atoms with Crippen LogP contribution < -0.4 is 0 Å². The average molecular weight is 348 g/mol. The lowest BCUT2D eigenvalue weighted by Gasteiger charge is -2.42. The molecule has 0 amide bonds.